The number of rotatable bonds is 4. The zero-order chi connectivity index (χ0) is 14.9. The minimum absolute atomic E-state index is 0.0671. The van der Waals surface area contributed by atoms with Crippen LogP contribution in [0.2, 0.25) is 0 Å². The summed E-state index contributed by atoms with van der Waals surface area (Å²) >= 11 is 0. The van der Waals surface area contributed by atoms with Gasteiger partial charge in [0.05, 0.1) is 12.6 Å². The fourth-order valence-corrected chi connectivity index (χ4v) is 2.58. The third-order valence-electron chi connectivity index (χ3n) is 3.56. The minimum atomic E-state index is -2.53. The number of aryl methyl sites for hydroxylation is 1. The van der Waals surface area contributed by atoms with Gasteiger partial charge in [0.25, 0.3) is 6.43 Å². The van der Waals surface area contributed by atoms with Crippen LogP contribution >= 0.6 is 0 Å². The van der Waals surface area contributed by atoms with Crippen molar-refractivity contribution in [3.8, 4) is 0 Å². The summed E-state index contributed by atoms with van der Waals surface area (Å²) < 4.78 is 25.5. The fraction of sp³-hybridized carbons (Fsp3) is 0.533. The molecule has 1 aliphatic heterocycles. The molecule has 0 radical (unpaired) electrons. The lowest BCUT2D eigenvalue weighted by Gasteiger charge is -2.24. The van der Waals surface area contributed by atoms with Crippen LogP contribution in [0.4, 0.5) is 8.78 Å². The number of hydrogen-bond donors (Lipinski definition) is 1. The number of carbonyl (C=O) groups is 1. The van der Waals surface area contributed by atoms with Crippen LogP contribution in [0, 0.1) is 12.8 Å². The predicted molar refractivity (Wildman–Crippen MR) is 73.4 cm³/mol. The van der Waals surface area contributed by atoms with Crippen LogP contribution in [-0.4, -0.2) is 29.8 Å². The maximum atomic E-state index is 12.7. The molecule has 110 valence electrons. The van der Waals surface area contributed by atoms with E-state index in [1.54, 1.807) is 0 Å². The first-order valence-electron chi connectivity index (χ1n) is 6.81. The Morgan fingerprint density at radius 1 is 1.35 bits per heavy atom. The lowest BCUT2D eigenvalue weighted by atomic mass is 10.0. The number of benzene rings is 1. The van der Waals surface area contributed by atoms with Crippen molar-refractivity contribution in [2.24, 2.45) is 5.92 Å². The molecule has 1 saturated heterocycles. The van der Waals surface area contributed by atoms with Crippen LogP contribution in [0.1, 0.15) is 31.1 Å². The molecule has 0 spiro atoms. The van der Waals surface area contributed by atoms with Gasteiger partial charge in [-0.3, -0.25) is 10.1 Å². The van der Waals surface area contributed by atoms with Crippen LogP contribution in [0.15, 0.2) is 24.3 Å². The second kappa shape index (κ2) is 5.87. The normalized spacial score (nSPS) is 23.1. The molecule has 1 fully saturated rings. The summed E-state index contributed by atoms with van der Waals surface area (Å²) in [5.41, 5.74) is 1.89. The Balaban J connectivity index is 2.31. The highest BCUT2D eigenvalue weighted by atomic mass is 19.3. The molecule has 0 saturated carbocycles. The number of hydrogen-bond acceptors (Lipinski definition) is 2. The molecule has 3 nitrogen and oxygen atoms in total. The summed E-state index contributed by atoms with van der Waals surface area (Å²) in [7, 11) is 0. The molecule has 0 aromatic heterocycles. The van der Waals surface area contributed by atoms with Gasteiger partial charge in [-0.1, -0.05) is 43.7 Å². The smallest absolute Gasteiger partial charge is 0.255 e. The first-order chi connectivity index (χ1) is 9.40. The van der Waals surface area contributed by atoms with Crippen LogP contribution in [-0.2, 0) is 4.79 Å². The van der Waals surface area contributed by atoms with E-state index >= 15 is 0 Å². The summed E-state index contributed by atoms with van der Waals surface area (Å²) in [6, 6.07) is 7.20. The number of nitrogens with one attached hydrogen (secondary N) is 1. The van der Waals surface area contributed by atoms with E-state index in [0.717, 1.165) is 11.1 Å². The second-order valence-corrected chi connectivity index (χ2v) is 5.59. The molecule has 1 amide bonds. The molecule has 20 heavy (non-hydrogen) atoms. The van der Waals surface area contributed by atoms with Crippen molar-refractivity contribution in [1.29, 1.82) is 0 Å². The van der Waals surface area contributed by atoms with Gasteiger partial charge in [0.1, 0.15) is 6.17 Å². The van der Waals surface area contributed by atoms with E-state index in [1.807, 2.05) is 45.0 Å². The molecule has 1 aromatic carbocycles. The molecule has 2 rings (SSSR count). The van der Waals surface area contributed by atoms with Crippen molar-refractivity contribution >= 4 is 5.91 Å². The van der Waals surface area contributed by atoms with E-state index in [0.29, 0.717) is 0 Å². The van der Waals surface area contributed by atoms with E-state index in [1.165, 1.54) is 4.90 Å². The van der Waals surface area contributed by atoms with E-state index in [4.69, 9.17) is 0 Å². The summed E-state index contributed by atoms with van der Waals surface area (Å²) in [4.78, 5) is 13.5. The highest BCUT2D eigenvalue weighted by Gasteiger charge is 2.41. The Morgan fingerprint density at radius 2 is 2.05 bits per heavy atom. The van der Waals surface area contributed by atoms with Crippen molar-refractivity contribution in [2.45, 2.75) is 39.4 Å². The largest absolute Gasteiger partial charge is 0.316 e. The molecular formula is C15H20F2N2O. The summed E-state index contributed by atoms with van der Waals surface area (Å²) in [5, 5.41) is 3.18. The monoisotopic (exact) mass is 282 g/mol. The molecule has 1 heterocycles. The van der Waals surface area contributed by atoms with E-state index in [-0.39, 0.29) is 11.8 Å². The van der Waals surface area contributed by atoms with Crippen LogP contribution < -0.4 is 5.32 Å². The van der Waals surface area contributed by atoms with Gasteiger partial charge in [-0.2, -0.15) is 0 Å². The summed E-state index contributed by atoms with van der Waals surface area (Å²) in [6.45, 7) is 5.23. The lowest BCUT2D eigenvalue weighted by molar-refractivity contribution is -0.132. The Hall–Kier alpha value is -1.49. The third kappa shape index (κ3) is 2.98. The third-order valence-corrected chi connectivity index (χ3v) is 3.56. The highest BCUT2D eigenvalue weighted by Crippen LogP contribution is 2.29. The van der Waals surface area contributed by atoms with Crippen LogP contribution in [0.3, 0.4) is 0 Å². The zero-order valence-corrected chi connectivity index (χ0v) is 11.9. The Kier molecular flexibility index (Phi) is 4.38. The molecule has 1 aliphatic rings. The Morgan fingerprint density at radius 3 is 2.60 bits per heavy atom. The summed E-state index contributed by atoms with van der Waals surface area (Å²) in [5.74, 6) is -0.177. The lowest BCUT2D eigenvalue weighted by Crippen LogP contribution is -2.36. The van der Waals surface area contributed by atoms with Crippen molar-refractivity contribution in [3.63, 3.8) is 0 Å². The van der Waals surface area contributed by atoms with Gasteiger partial charge >= 0.3 is 0 Å². The summed E-state index contributed by atoms with van der Waals surface area (Å²) in [6.07, 6.45) is -3.00. The van der Waals surface area contributed by atoms with Gasteiger partial charge in [0, 0.05) is 0 Å². The number of nitrogens with zero attached hydrogens (tertiary/aromatic N) is 1. The van der Waals surface area contributed by atoms with Crippen LogP contribution in [0.25, 0.3) is 0 Å². The van der Waals surface area contributed by atoms with Crippen LogP contribution in [0.5, 0.6) is 0 Å². The van der Waals surface area contributed by atoms with E-state index < -0.39 is 25.2 Å². The number of halogens is 2. The molecule has 2 atom stereocenters. The van der Waals surface area contributed by atoms with Gasteiger partial charge in [0.15, 0.2) is 0 Å². The first kappa shape index (κ1) is 14.9. The van der Waals surface area contributed by atoms with Gasteiger partial charge in [0.2, 0.25) is 5.91 Å². The molecule has 5 heteroatoms. The minimum Gasteiger partial charge on any atom is -0.316 e. The van der Waals surface area contributed by atoms with E-state index in [9.17, 15) is 13.6 Å². The molecule has 0 aliphatic carbocycles. The number of amides is 1. The quantitative estimate of drug-likeness (QED) is 0.921. The predicted octanol–water partition coefficient (Wildman–Crippen LogP) is 2.72. The highest BCUT2D eigenvalue weighted by molar-refractivity contribution is 5.84. The zero-order valence-electron chi connectivity index (χ0n) is 11.9. The van der Waals surface area contributed by atoms with Crippen molar-refractivity contribution in [3.05, 3.63) is 35.4 Å². The maximum absolute atomic E-state index is 12.7. The maximum Gasteiger partial charge on any atom is 0.255 e. The molecular weight excluding hydrogens is 262 g/mol. The average Bonchev–Trinajstić information content (AvgIpc) is 2.67. The second-order valence-electron chi connectivity index (χ2n) is 5.59. The Bertz CT molecular complexity index is 491. The number of alkyl halides is 2. The van der Waals surface area contributed by atoms with E-state index in [2.05, 4.69) is 5.32 Å². The average molecular weight is 282 g/mol. The number of carbonyl (C=O) groups excluding carboxylic acids is 1. The molecule has 1 aromatic rings. The molecule has 0 bridgehead atoms. The first-order valence-corrected chi connectivity index (χ1v) is 6.81. The SMILES string of the molecule is Cc1cccc(C2NC(C(C)C)C(=O)N2CC(F)F)c1. The topological polar surface area (TPSA) is 32.3 Å². The standard InChI is InChI=1S/C15H20F2N2O/c1-9(2)13-15(20)19(8-12(16)17)14(18-13)11-6-4-5-10(3)7-11/h4-7,9,12-14,18H,8H2,1-3H3. The fourth-order valence-electron chi connectivity index (χ4n) is 2.58. The van der Waals surface area contributed by atoms with Crippen molar-refractivity contribution < 1.29 is 13.6 Å². The van der Waals surface area contributed by atoms with Gasteiger partial charge in [-0.15, -0.1) is 0 Å². The van der Waals surface area contributed by atoms with Crippen molar-refractivity contribution in [2.75, 3.05) is 6.54 Å². The molecule has 1 N–H and O–H groups in total. The van der Waals surface area contributed by atoms with Gasteiger partial charge < -0.3 is 4.90 Å². The van der Waals surface area contributed by atoms with Crippen molar-refractivity contribution in [1.82, 2.24) is 10.2 Å². The molecule has 2 unspecified atom stereocenters. The Labute approximate surface area is 118 Å². The van der Waals surface area contributed by atoms with Gasteiger partial charge in [-0.05, 0) is 18.4 Å². The van der Waals surface area contributed by atoms with Gasteiger partial charge in [-0.25, -0.2) is 8.78 Å².